The quantitative estimate of drug-likeness (QED) is 0.885. The lowest BCUT2D eigenvalue weighted by atomic mass is 10.0. The van der Waals surface area contributed by atoms with Crippen LogP contribution in [-0.2, 0) is 0 Å². The molecule has 106 valence electrons. The van der Waals surface area contributed by atoms with Gasteiger partial charge in [0.1, 0.15) is 5.82 Å². The van der Waals surface area contributed by atoms with Crippen molar-refractivity contribution in [1.82, 2.24) is 5.32 Å². The number of thioether (sulfide) groups is 2. The zero-order chi connectivity index (χ0) is 13.8. The van der Waals surface area contributed by atoms with Gasteiger partial charge in [-0.1, -0.05) is 25.4 Å². The first-order valence-electron chi connectivity index (χ1n) is 6.55. The Morgan fingerprint density at radius 2 is 2.16 bits per heavy atom. The number of hydrogen-bond donors (Lipinski definition) is 1. The average molecular weight is 320 g/mol. The zero-order valence-electron chi connectivity index (χ0n) is 11.2. The van der Waals surface area contributed by atoms with Crippen LogP contribution < -0.4 is 5.32 Å². The molecule has 1 fully saturated rings. The molecule has 0 saturated carbocycles. The lowest BCUT2D eigenvalue weighted by molar-refractivity contribution is 0.521. The van der Waals surface area contributed by atoms with Crippen LogP contribution in [0.4, 0.5) is 4.39 Å². The van der Waals surface area contributed by atoms with Crippen molar-refractivity contribution in [3.8, 4) is 0 Å². The van der Waals surface area contributed by atoms with Crippen molar-refractivity contribution in [2.45, 2.75) is 30.4 Å². The second kappa shape index (κ2) is 7.21. The summed E-state index contributed by atoms with van der Waals surface area (Å²) < 4.78 is 13.5. The molecule has 1 N–H and O–H groups in total. The molecule has 1 saturated heterocycles. The molecule has 1 nitrogen and oxygen atoms in total. The summed E-state index contributed by atoms with van der Waals surface area (Å²) in [5, 5.41) is 5.10. The highest BCUT2D eigenvalue weighted by molar-refractivity contribution is 8.07. The number of hydrogen-bond acceptors (Lipinski definition) is 3. The van der Waals surface area contributed by atoms with Crippen molar-refractivity contribution >= 4 is 35.1 Å². The molecular formula is C14H19ClFNS2. The first-order valence-corrected chi connectivity index (χ1v) is 9.02. The van der Waals surface area contributed by atoms with Crippen molar-refractivity contribution in [2.24, 2.45) is 0 Å². The van der Waals surface area contributed by atoms with Crippen LogP contribution in [-0.4, -0.2) is 28.6 Å². The van der Waals surface area contributed by atoms with E-state index in [-0.39, 0.29) is 11.9 Å². The minimum atomic E-state index is -0.219. The fourth-order valence-electron chi connectivity index (χ4n) is 2.39. The van der Waals surface area contributed by atoms with Crippen LogP contribution in [0, 0.1) is 5.82 Å². The van der Waals surface area contributed by atoms with E-state index in [1.165, 1.54) is 11.8 Å². The van der Waals surface area contributed by atoms with Crippen molar-refractivity contribution in [3.05, 3.63) is 34.6 Å². The van der Waals surface area contributed by atoms with Crippen LogP contribution in [0.25, 0.3) is 0 Å². The minimum absolute atomic E-state index is 0.112. The van der Waals surface area contributed by atoms with Crippen LogP contribution in [0.3, 0.4) is 0 Å². The van der Waals surface area contributed by atoms with Gasteiger partial charge in [0.15, 0.2) is 0 Å². The van der Waals surface area contributed by atoms with Gasteiger partial charge in [-0.2, -0.15) is 23.5 Å². The molecule has 1 aromatic rings. The highest BCUT2D eigenvalue weighted by Gasteiger charge is 2.32. The second-order valence-electron chi connectivity index (χ2n) is 4.61. The maximum absolute atomic E-state index is 13.5. The molecule has 3 unspecified atom stereocenters. The minimum Gasteiger partial charge on any atom is -0.309 e. The lowest BCUT2D eigenvalue weighted by Gasteiger charge is -2.35. The van der Waals surface area contributed by atoms with E-state index in [4.69, 9.17) is 11.6 Å². The fourth-order valence-corrected chi connectivity index (χ4v) is 5.57. The molecule has 0 aromatic heterocycles. The molecule has 3 atom stereocenters. The summed E-state index contributed by atoms with van der Waals surface area (Å²) in [6, 6.07) is 4.76. The van der Waals surface area contributed by atoms with E-state index >= 15 is 0 Å². The standard InChI is InChI=1S/C14H19ClFNS2/c1-3-17-13(14-9(2)18-6-7-19-14)11-8-10(16)4-5-12(11)15/h4-5,8-9,13-14,17H,3,6-7H2,1-2H3. The third-order valence-corrected chi connectivity index (χ3v) is 6.82. The Morgan fingerprint density at radius 3 is 2.84 bits per heavy atom. The summed E-state index contributed by atoms with van der Waals surface area (Å²) in [6.45, 7) is 5.18. The first-order chi connectivity index (χ1) is 9.13. The Balaban J connectivity index is 2.30. The van der Waals surface area contributed by atoms with E-state index in [0.717, 1.165) is 17.9 Å². The van der Waals surface area contributed by atoms with Gasteiger partial charge in [0, 0.05) is 33.1 Å². The van der Waals surface area contributed by atoms with Crippen LogP contribution in [0.1, 0.15) is 25.5 Å². The summed E-state index contributed by atoms with van der Waals surface area (Å²) in [4.78, 5) is 0. The second-order valence-corrected chi connectivity index (χ2v) is 7.79. The van der Waals surface area contributed by atoms with Gasteiger partial charge in [-0.15, -0.1) is 0 Å². The average Bonchev–Trinajstić information content (AvgIpc) is 2.40. The van der Waals surface area contributed by atoms with Gasteiger partial charge in [-0.25, -0.2) is 4.39 Å². The fraction of sp³-hybridized carbons (Fsp3) is 0.571. The molecule has 0 aliphatic carbocycles. The molecule has 1 aliphatic heterocycles. The number of nitrogens with one attached hydrogen (secondary N) is 1. The van der Waals surface area contributed by atoms with Crippen molar-refractivity contribution in [3.63, 3.8) is 0 Å². The SMILES string of the molecule is CCNC(c1cc(F)ccc1Cl)C1SCCSC1C. The molecule has 2 rings (SSSR count). The van der Waals surface area contributed by atoms with E-state index < -0.39 is 0 Å². The van der Waals surface area contributed by atoms with Gasteiger partial charge in [-0.05, 0) is 30.3 Å². The molecule has 1 aliphatic rings. The molecule has 0 bridgehead atoms. The predicted molar refractivity (Wildman–Crippen MR) is 86.0 cm³/mol. The zero-order valence-corrected chi connectivity index (χ0v) is 13.5. The van der Waals surface area contributed by atoms with E-state index in [0.29, 0.717) is 15.5 Å². The summed E-state index contributed by atoms with van der Waals surface area (Å²) in [5.41, 5.74) is 0.885. The summed E-state index contributed by atoms with van der Waals surface area (Å²) in [6.07, 6.45) is 0. The Morgan fingerprint density at radius 1 is 1.42 bits per heavy atom. The van der Waals surface area contributed by atoms with Gasteiger partial charge in [0.05, 0.1) is 0 Å². The summed E-state index contributed by atoms with van der Waals surface area (Å²) >= 11 is 10.2. The van der Waals surface area contributed by atoms with Crippen molar-refractivity contribution in [1.29, 1.82) is 0 Å². The van der Waals surface area contributed by atoms with Gasteiger partial charge in [0.25, 0.3) is 0 Å². The molecule has 19 heavy (non-hydrogen) atoms. The van der Waals surface area contributed by atoms with Crippen LogP contribution >= 0.6 is 35.1 Å². The first kappa shape index (κ1) is 15.5. The van der Waals surface area contributed by atoms with E-state index in [2.05, 4.69) is 19.2 Å². The number of halogens is 2. The van der Waals surface area contributed by atoms with Gasteiger partial charge in [0.2, 0.25) is 0 Å². The predicted octanol–water partition coefficient (Wildman–Crippen LogP) is 4.37. The molecule has 0 radical (unpaired) electrons. The normalized spacial score (nSPS) is 25.3. The smallest absolute Gasteiger partial charge is 0.123 e. The van der Waals surface area contributed by atoms with E-state index in [1.54, 1.807) is 12.1 Å². The van der Waals surface area contributed by atoms with Crippen LogP contribution in [0.5, 0.6) is 0 Å². The third kappa shape index (κ3) is 3.81. The molecule has 0 amide bonds. The van der Waals surface area contributed by atoms with Gasteiger partial charge < -0.3 is 5.32 Å². The molecule has 1 aromatic carbocycles. The Hall–Kier alpha value is 0.1000. The maximum atomic E-state index is 13.5. The topological polar surface area (TPSA) is 12.0 Å². The largest absolute Gasteiger partial charge is 0.309 e. The van der Waals surface area contributed by atoms with Crippen LogP contribution in [0.15, 0.2) is 18.2 Å². The number of benzene rings is 1. The molecule has 1 heterocycles. The highest BCUT2D eigenvalue weighted by atomic mass is 35.5. The molecular weight excluding hydrogens is 301 g/mol. The highest BCUT2D eigenvalue weighted by Crippen LogP contribution is 2.40. The Bertz CT molecular complexity index is 430. The summed E-state index contributed by atoms with van der Waals surface area (Å²) in [5.74, 6) is 2.12. The number of rotatable bonds is 4. The van der Waals surface area contributed by atoms with Gasteiger partial charge >= 0.3 is 0 Å². The summed E-state index contributed by atoms with van der Waals surface area (Å²) in [7, 11) is 0. The third-order valence-electron chi connectivity index (χ3n) is 3.28. The maximum Gasteiger partial charge on any atom is 0.123 e. The molecule has 0 spiro atoms. The van der Waals surface area contributed by atoms with E-state index in [1.807, 2.05) is 23.5 Å². The van der Waals surface area contributed by atoms with Gasteiger partial charge in [-0.3, -0.25) is 0 Å². The van der Waals surface area contributed by atoms with Crippen molar-refractivity contribution in [2.75, 3.05) is 18.1 Å². The Labute approximate surface area is 128 Å². The Kier molecular flexibility index (Phi) is 5.87. The lowest BCUT2D eigenvalue weighted by Crippen LogP contribution is -2.38. The van der Waals surface area contributed by atoms with E-state index in [9.17, 15) is 4.39 Å². The van der Waals surface area contributed by atoms with Crippen molar-refractivity contribution < 1.29 is 4.39 Å². The monoisotopic (exact) mass is 319 g/mol. The van der Waals surface area contributed by atoms with Crippen LogP contribution in [0.2, 0.25) is 5.02 Å². The molecule has 5 heteroatoms.